The first-order valence-electron chi connectivity index (χ1n) is 6.61. The van der Waals surface area contributed by atoms with Crippen LogP contribution >= 0.6 is 0 Å². The third-order valence-electron chi connectivity index (χ3n) is 3.04. The summed E-state index contributed by atoms with van der Waals surface area (Å²) >= 11 is 0. The van der Waals surface area contributed by atoms with Gasteiger partial charge in [0.25, 0.3) is 5.91 Å². The standard InChI is InChI=1S/C14H17N3O4/c15-12(18)9-21-7-6-16-11-8-13(19)17(14(11)20)10-4-2-1-3-5-10/h1-5,11,16H,6-9H2,(H2,15,18). The molecule has 7 nitrogen and oxygen atoms in total. The molecule has 3 amide bonds. The predicted molar refractivity (Wildman–Crippen MR) is 75.4 cm³/mol. The molecule has 3 N–H and O–H groups in total. The quantitative estimate of drug-likeness (QED) is 0.516. The van der Waals surface area contributed by atoms with E-state index in [-0.39, 0.29) is 31.4 Å². The van der Waals surface area contributed by atoms with E-state index in [9.17, 15) is 14.4 Å². The van der Waals surface area contributed by atoms with E-state index >= 15 is 0 Å². The van der Waals surface area contributed by atoms with Gasteiger partial charge in [-0.05, 0) is 12.1 Å². The molecule has 1 aromatic rings. The number of anilines is 1. The molecular weight excluding hydrogens is 274 g/mol. The van der Waals surface area contributed by atoms with Crippen molar-refractivity contribution in [1.82, 2.24) is 5.32 Å². The summed E-state index contributed by atoms with van der Waals surface area (Å²) in [6.45, 7) is 0.446. The number of amides is 3. The van der Waals surface area contributed by atoms with Crippen molar-refractivity contribution in [2.24, 2.45) is 5.73 Å². The molecule has 1 atom stereocenters. The van der Waals surface area contributed by atoms with Crippen LogP contribution in [0.4, 0.5) is 5.69 Å². The molecule has 0 spiro atoms. The average molecular weight is 291 g/mol. The topological polar surface area (TPSA) is 102 Å². The molecule has 1 heterocycles. The van der Waals surface area contributed by atoms with Crippen molar-refractivity contribution >= 4 is 23.4 Å². The van der Waals surface area contributed by atoms with Crippen molar-refractivity contribution in [3.8, 4) is 0 Å². The second kappa shape index (κ2) is 6.96. The van der Waals surface area contributed by atoms with Crippen molar-refractivity contribution < 1.29 is 19.1 Å². The first kappa shape index (κ1) is 15.1. The molecule has 112 valence electrons. The summed E-state index contributed by atoms with van der Waals surface area (Å²) in [6, 6.07) is 8.24. The molecule has 1 saturated heterocycles. The molecule has 0 bridgehead atoms. The van der Waals surface area contributed by atoms with Gasteiger partial charge in [-0.1, -0.05) is 18.2 Å². The number of rotatable bonds is 7. The Bertz CT molecular complexity index is 532. The largest absolute Gasteiger partial charge is 0.370 e. The number of carbonyl (C=O) groups is 3. The maximum absolute atomic E-state index is 12.2. The highest BCUT2D eigenvalue weighted by Gasteiger charge is 2.38. The van der Waals surface area contributed by atoms with Crippen LogP contribution in [0.2, 0.25) is 0 Å². The summed E-state index contributed by atoms with van der Waals surface area (Å²) in [6.07, 6.45) is 0.115. The lowest BCUT2D eigenvalue weighted by Gasteiger charge is -2.15. The minimum absolute atomic E-state index is 0.115. The zero-order valence-electron chi connectivity index (χ0n) is 11.5. The number of hydrogen-bond donors (Lipinski definition) is 2. The molecule has 0 aromatic heterocycles. The Hall–Kier alpha value is -2.25. The van der Waals surface area contributed by atoms with Crippen molar-refractivity contribution in [2.45, 2.75) is 12.5 Å². The lowest BCUT2D eigenvalue weighted by Crippen LogP contribution is -2.40. The first-order chi connectivity index (χ1) is 10.1. The summed E-state index contributed by atoms with van der Waals surface area (Å²) in [5, 5.41) is 2.95. The van der Waals surface area contributed by atoms with Gasteiger partial charge in [0.15, 0.2) is 0 Å². The molecule has 1 aliphatic rings. The van der Waals surface area contributed by atoms with Gasteiger partial charge in [0.2, 0.25) is 11.8 Å². The van der Waals surface area contributed by atoms with Crippen molar-refractivity contribution in [1.29, 1.82) is 0 Å². The van der Waals surface area contributed by atoms with E-state index in [1.54, 1.807) is 24.3 Å². The molecule has 0 radical (unpaired) electrons. The third kappa shape index (κ3) is 3.87. The Morgan fingerprint density at radius 2 is 2.05 bits per heavy atom. The number of nitrogens with two attached hydrogens (primary N) is 1. The van der Waals surface area contributed by atoms with E-state index in [4.69, 9.17) is 10.5 Å². The fraction of sp³-hybridized carbons (Fsp3) is 0.357. The number of ether oxygens (including phenoxy) is 1. The van der Waals surface area contributed by atoms with Crippen LogP contribution in [0.15, 0.2) is 30.3 Å². The van der Waals surface area contributed by atoms with Crippen LogP contribution < -0.4 is 16.0 Å². The fourth-order valence-electron chi connectivity index (χ4n) is 2.12. The molecule has 1 aliphatic heterocycles. The lowest BCUT2D eigenvalue weighted by molar-refractivity contribution is -0.123. The zero-order valence-corrected chi connectivity index (χ0v) is 11.5. The molecular formula is C14H17N3O4. The summed E-state index contributed by atoms with van der Waals surface area (Å²) in [7, 11) is 0. The van der Waals surface area contributed by atoms with E-state index in [1.807, 2.05) is 6.07 Å². The number of benzene rings is 1. The number of para-hydroxylation sites is 1. The van der Waals surface area contributed by atoms with Crippen molar-refractivity contribution in [3.63, 3.8) is 0 Å². The summed E-state index contributed by atoms with van der Waals surface area (Å²) < 4.78 is 4.98. The molecule has 1 aromatic carbocycles. The van der Waals surface area contributed by atoms with Crippen LogP contribution in [-0.4, -0.2) is 43.5 Å². The lowest BCUT2D eigenvalue weighted by atomic mass is 10.2. The monoisotopic (exact) mass is 291 g/mol. The van der Waals surface area contributed by atoms with E-state index < -0.39 is 11.9 Å². The van der Waals surface area contributed by atoms with Crippen molar-refractivity contribution in [2.75, 3.05) is 24.7 Å². The van der Waals surface area contributed by atoms with E-state index in [0.29, 0.717) is 12.2 Å². The van der Waals surface area contributed by atoms with Gasteiger partial charge in [-0.25, -0.2) is 4.90 Å². The van der Waals surface area contributed by atoms with Crippen molar-refractivity contribution in [3.05, 3.63) is 30.3 Å². The highest BCUT2D eigenvalue weighted by Crippen LogP contribution is 2.22. The molecule has 0 aliphatic carbocycles. The first-order valence-corrected chi connectivity index (χ1v) is 6.61. The minimum Gasteiger partial charge on any atom is -0.370 e. The minimum atomic E-state index is -0.560. The van der Waals surface area contributed by atoms with E-state index in [0.717, 1.165) is 0 Å². The molecule has 21 heavy (non-hydrogen) atoms. The molecule has 7 heteroatoms. The summed E-state index contributed by atoms with van der Waals surface area (Å²) in [5.74, 6) is -1.06. The second-order valence-corrected chi connectivity index (χ2v) is 4.63. The van der Waals surface area contributed by atoms with Gasteiger partial charge in [0, 0.05) is 6.54 Å². The number of nitrogens with zero attached hydrogens (tertiary/aromatic N) is 1. The maximum Gasteiger partial charge on any atom is 0.251 e. The maximum atomic E-state index is 12.2. The van der Waals surface area contributed by atoms with Gasteiger partial charge in [0.05, 0.1) is 24.8 Å². The van der Waals surface area contributed by atoms with Crippen LogP contribution in [0.1, 0.15) is 6.42 Å². The number of carbonyl (C=O) groups excluding carboxylic acids is 3. The SMILES string of the molecule is NC(=O)COCCNC1CC(=O)N(c2ccccc2)C1=O. The van der Waals surface area contributed by atoms with Gasteiger partial charge in [-0.3, -0.25) is 14.4 Å². The Kier molecular flexibility index (Phi) is 5.02. The number of hydrogen-bond acceptors (Lipinski definition) is 5. The average Bonchev–Trinajstić information content (AvgIpc) is 2.74. The van der Waals surface area contributed by atoms with Gasteiger partial charge < -0.3 is 15.8 Å². The molecule has 1 fully saturated rings. The fourth-order valence-corrected chi connectivity index (χ4v) is 2.12. The summed E-state index contributed by atoms with van der Waals surface area (Å²) in [4.78, 5) is 35.8. The Labute approximate surface area is 122 Å². The normalized spacial score (nSPS) is 18.3. The third-order valence-corrected chi connectivity index (χ3v) is 3.04. The van der Waals surface area contributed by atoms with Crippen LogP contribution in [0, 0.1) is 0 Å². The van der Waals surface area contributed by atoms with Gasteiger partial charge in [-0.15, -0.1) is 0 Å². The van der Waals surface area contributed by atoms with Crippen LogP contribution in [0.25, 0.3) is 0 Å². The zero-order chi connectivity index (χ0) is 15.2. The predicted octanol–water partition coefficient (Wildman–Crippen LogP) is -0.590. The Morgan fingerprint density at radius 1 is 1.33 bits per heavy atom. The van der Waals surface area contributed by atoms with Gasteiger partial charge >= 0.3 is 0 Å². The Morgan fingerprint density at radius 3 is 2.71 bits per heavy atom. The number of imide groups is 1. The van der Waals surface area contributed by atoms with Gasteiger partial charge in [-0.2, -0.15) is 0 Å². The van der Waals surface area contributed by atoms with E-state index in [1.165, 1.54) is 4.90 Å². The second-order valence-electron chi connectivity index (χ2n) is 4.63. The van der Waals surface area contributed by atoms with Crippen LogP contribution in [-0.2, 0) is 19.1 Å². The molecule has 0 saturated carbocycles. The number of nitrogens with one attached hydrogen (secondary N) is 1. The highest BCUT2D eigenvalue weighted by atomic mass is 16.5. The van der Waals surface area contributed by atoms with Crippen LogP contribution in [0.5, 0.6) is 0 Å². The van der Waals surface area contributed by atoms with Gasteiger partial charge in [0.1, 0.15) is 6.61 Å². The van der Waals surface area contributed by atoms with E-state index in [2.05, 4.69) is 5.32 Å². The highest BCUT2D eigenvalue weighted by molar-refractivity contribution is 6.22. The smallest absolute Gasteiger partial charge is 0.251 e. The van der Waals surface area contributed by atoms with Crippen LogP contribution in [0.3, 0.4) is 0 Å². The summed E-state index contributed by atoms with van der Waals surface area (Å²) in [5.41, 5.74) is 5.50. The molecule has 1 unspecified atom stereocenters. The molecule has 2 rings (SSSR count). The Balaban J connectivity index is 1.86. The number of primary amides is 1.